The molecule has 5 fully saturated rings. The summed E-state index contributed by atoms with van der Waals surface area (Å²) >= 11 is 0. The van der Waals surface area contributed by atoms with E-state index >= 15 is 0 Å². The lowest BCUT2D eigenvalue weighted by atomic mass is 9.49. The van der Waals surface area contributed by atoms with E-state index in [0.29, 0.717) is 36.1 Å². The molecule has 170 valence electrons. The summed E-state index contributed by atoms with van der Waals surface area (Å²) in [4.78, 5) is 25.7. The monoisotopic (exact) mass is 453 g/mol. The maximum absolute atomic E-state index is 12.8. The minimum absolute atomic E-state index is 0.0408. The molecule has 1 aromatic rings. The van der Waals surface area contributed by atoms with Crippen LogP contribution in [0.15, 0.2) is 35.2 Å². The zero-order chi connectivity index (χ0) is 22.1. The lowest BCUT2D eigenvalue weighted by Gasteiger charge is -2.53. The average Bonchev–Trinajstić information content (AvgIpc) is 2.76. The molecule has 4 bridgehead atoms. The molecule has 6 rings (SSSR count). The van der Waals surface area contributed by atoms with Gasteiger partial charge in [-0.2, -0.15) is 0 Å². The van der Waals surface area contributed by atoms with Gasteiger partial charge in [0.25, 0.3) is 5.92 Å². The largest absolute Gasteiger partial charge is 0.459 e. The second-order valence-corrected chi connectivity index (χ2v) is 11.8. The van der Waals surface area contributed by atoms with Gasteiger partial charge in [-0.3, -0.25) is 9.59 Å². The van der Waals surface area contributed by atoms with Crippen LogP contribution in [0.4, 0.5) is 8.78 Å². The summed E-state index contributed by atoms with van der Waals surface area (Å²) in [5.74, 6) is -0.491. The molecule has 1 aliphatic heterocycles. The topological polar surface area (TPSA) is 52.6 Å². The summed E-state index contributed by atoms with van der Waals surface area (Å²) < 4.78 is 35.7. The van der Waals surface area contributed by atoms with Crippen molar-refractivity contribution in [1.82, 2.24) is 0 Å². The van der Waals surface area contributed by atoms with E-state index in [9.17, 15) is 18.4 Å². The molecule has 4 saturated carbocycles. The van der Waals surface area contributed by atoms with E-state index < -0.39 is 23.9 Å². The van der Waals surface area contributed by atoms with Gasteiger partial charge in [0.1, 0.15) is 17.3 Å². The Kier molecular flexibility index (Phi) is 6.73. The fourth-order valence-corrected chi connectivity index (χ4v) is 7.57. The van der Waals surface area contributed by atoms with Gasteiger partial charge >= 0.3 is 5.97 Å². The highest BCUT2D eigenvalue weighted by atomic mass is 32.2. The first kappa shape index (κ1) is 22.7. The number of ether oxygens (including phenoxy) is 2. The summed E-state index contributed by atoms with van der Waals surface area (Å²) in [6, 6.07) is 10.8. The smallest absolute Gasteiger partial charge is 0.312 e. The summed E-state index contributed by atoms with van der Waals surface area (Å²) in [5, 5.41) is 0. The second-order valence-electron chi connectivity index (χ2n) is 9.50. The Bertz CT molecular complexity index is 771. The van der Waals surface area contributed by atoms with E-state index in [1.165, 1.54) is 16.4 Å². The van der Waals surface area contributed by atoms with Crippen molar-refractivity contribution in [3.8, 4) is 0 Å². The van der Waals surface area contributed by atoms with E-state index in [4.69, 9.17) is 9.47 Å². The van der Waals surface area contributed by atoms with Crippen molar-refractivity contribution < 1.29 is 27.8 Å². The summed E-state index contributed by atoms with van der Waals surface area (Å²) in [6.07, 6.45) is 3.46. The summed E-state index contributed by atoms with van der Waals surface area (Å²) in [6.45, 7) is 1.76. The van der Waals surface area contributed by atoms with Crippen LogP contribution in [0.5, 0.6) is 0 Å². The molecule has 5 aliphatic rings. The standard InChI is InChI=1S/C14H18F2O3.C10H13OS/c1-13(15,16)7-19-12(18)14-4-8-2-9(5-14)11(17)10(3-8)6-14;1-2-4-10(5-3-1)12-8-6-11-7-9-12/h8-10H,2-7H2,1H3;1-5H,6-9H2/q;+1. The lowest BCUT2D eigenvalue weighted by molar-refractivity contribution is -0.181. The molecule has 31 heavy (non-hydrogen) atoms. The molecule has 4 aliphatic carbocycles. The molecule has 4 nitrogen and oxygen atoms in total. The van der Waals surface area contributed by atoms with Gasteiger partial charge in [0.15, 0.2) is 11.5 Å². The van der Waals surface area contributed by atoms with Crippen LogP contribution >= 0.6 is 0 Å². The number of benzene rings is 1. The first-order valence-electron chi connectivity index (χ1n) is 11.1. The average molecular weight is 454 g/mol. The van der Waals surface area contributed by atoms with Gasteiger partial charge in [-0.05, 0) is 50.2 Å². The third kappa shape index (κ3) is 5.30. The number of rotatable bonds is 4. The molecule has 0 aromatic heterocycles. The number of carbonyl (C=O) groups excluding carboxylic acids is 2. The van der Waals surface area contributed by atoms with Crippen LogP contribution in [0.25, 0.3) is 0 Å². The Morgan fingerprint density at radius 2 is 1.74 bits per heavy atom. The molecule has 0 radical (unpaired) electrons. The first-order valence-corrected chi connectivity index (χ1v) is 12.7. The maximum Gasteiger partial charge on any atom is 0.312 e. The van der Waals surface area contributed by atoms with Crippen molar-refractivity contribution in [2.24, 2.45) is 23.2 Å². The van der Waals surface area contributed by atoms with E-state index in [0.717, 1.165) is 33.0 Å². The van der Waals surface area contributed by atoms with Crippen molar-refractivity contribution in [1.29, 1.82) is 0 Å². The third-order valence-corrected chi connectivity index (χ3v) is 9.17. The van der Waals surface area contributed by atoms with E-state index in [1.807, 2.05) is 0 Å². The molecule has 2 unspecified atom stereocenters. The third-order valence-electron chi connectivity index (χ3n) is 6.91. The van der Waals surface area contributed by atoms with Gasteiger partial charge in [-0.15, -0.1) is 0 Å². The van der Waals surface area contributed by atoms with Crippen LogP contribution in [0.3, 0.4) is 0 Å². The lowest BCUT2D eigenvalue weighted by Crippen LogP contribution is -2.55. The van der Waals surface area contributed by atoms with Gasteiger partial charge in [0, 0.05) is 29.7 Å². The molecule has 1 aromatic carbocycles. The Labute approximate surface area is 185 Å². The molecule has 7 heteroatoms. The minimum atomic E-state index is -2.99. The Morgan fingerprint density at radius 3 is 2.32 bits per heavy atom. The highest BCUT2D eigenvalue weighted by Crippen LogP contribution is 2.59. The molecule has 0 amide bonds. The van der Waals surface area contributed by atoms with Crippen LogP contribution in [-0.4, -0.2) is 49.0 Å². The normalized spacial score (nSPS) is 32.4. The fraction of sp³-hybridized carbons (Fsp3) is 0.667. The van der Waals surface area contributed by atoms with E-state index in [1.54, 1.807) is 0 Å². The molecule has 1 heterocycles. The predicted molar refractivity (Wildman–Crippen MR) is 115 cm³/mol. The van der Waals surface area contributed by atoms with Crippen molar-refractivity contribution in [2.75, 3.05) is 31.3 Å². The maximum atomic E-state index is 12.8. The number of carbonyl (C=O) groups is 2. The van der Waals surface area contributed by atoms with Crippen LogP contribution in [-0.2, 0) is 30.0 Å². The molecule has 2 atom stereocenters. The number of esters is 1. The first-order chi connectivity index (χ1) is 14.8. The molecule has 0 spiro atoms. The fourth-order valence-electron chi connectivity index (χ4n) is 5.71. The quantitative estimate of drug-likeness (QED) is 0.505. The van der Waals surface area contributed by atoms with Gasteiger partial charge in [-0.25, -0.2) is 8.78 Å². The van der Waals surface area contributed by atoms with E-state index in [-0.39, 0.29) is 17.6 Å². The Morgan fingerprint density at radius 1 is 1.13 bits per heavy atom. The number of ketones is 1. The zero-order valence-corrected chi connectivity index (χ0v) is 18.8. The zero-order valence-electron chi connectivity index (χ0n) is 18.0. The molecule has 1 saturated heterocycles. The Balaban J connectivity index is 0.000000166. The second kappa shape index (κ2) is 9.18. The van der Waals surface area contributed by atoms with Crippen molar-refractivity contribution in [3.63, 3.8) is 0 Å². The van der Waals surface area contributed by atoms with E-state index in [2.05, 4.69) is 30.3 Å². The minimum Gasteiger partial charge on any atom is -0.459 e. The summed E-state index contributed by atoms with van der Waals surface area (Å²) in [7, 11) is 0.467. The Hall–Kier alpha value is -1.47. The molecular formula is C24H31F2O4S+. The number of hydrogen-bond acceptors (Lipinski definition) is 4. The van der Waals surface area contributed by atoms with Crippen LogP contribution in [0.2, 0.25) is 0 Å². The van der Waals surface area contributed by atoms with Gasteiger partial charge in [-0.1, -0.05) is 18.2 Å². The van der Waals surface area contributed by atoms with Crippen LogP contribution < -0.4 is 0 Å². The number of hydrogen-bond donors (Lipinski definition) is 0. The molecular weight excluding hydrogens is 422 g/mol. The number of halogens is 2. The predicted octanol–water partition coefficient (Wildman–Crippen LogP) is 4.27. The highest BCUT2D eigenvalue weighted by Gasteiger charge is 2.59. The van der Waals surface area contributed by atoms with Gasteiger partial charge in [0.2, 0.25) is 0 Å². The number of alkyl halides is 2. The van der Waals surface area contributed by atoms with Crippen LogP contribution in [0, 0.1) is 23.2 Å². The molecule has 0 N–H and O–H groups in total. The number of Topliss-reactive ketones (excluding diaryl/α,β-unsaturated/α-hetero) is 1. The van der Waals surface area contributed by atoms with Crippen LogP contribution in [0.1, 0.15) is 39.0 Å². The van der Waals surface area contributed by atoms with Gasteiger partial charge < -0.3 is 9.47 Å². The summed E-state index contributed by atoms with van der Waals surface area (Å²) in [5.41, 5.74) is -0.657. The SMILES string of the molecule is CC(F)(F)COC(=O)C12CC3CC(C1)C(=O)C(C3)C2.c1ccc([S+]2CCOCC2)cc1. The highest BCUT2D eigenvalue weighted by molar-refractivity contribution is 7.97. The van der Waals surface area contributed by atoms with Crippen molar-refractivity contribution in [3.05, 3.63) is 30.3 Å². The van der Waals surface area contributed by atoms with Gasteiger partial charge in [0.05, 0.1) is 18.6 Å². The van der Waals surface area contributed by atoms with Crippen molar-refractivity contribution in [2.45, 2.75) is 49.8 Å². The van der Waals surface area contributed by atoms with Crippen molar-refractivity contribution >= 4 is 22.6 Å².